The fourth-order valence-corrected chi connectivity index (χ4v) is 2.82. The maximum atomic E-state index is 3.69. The third-order valence-corrected chi connectivity index (χ3v) is 3.44. The highest BCUT2D eigenvalue weighted by atomic mass is 15.2. The second-order valence-corrected chi connectivity index (χ2v) is 4.96. The van der Waals surface area contributed by atoms with E-state index in [1.807, 2.05) is 0 Å². The maximum absolute atomic E-state index is 3.69. The lowest BCUT2D eigenvalue weighted by Crippen LogP contribution is -2.50. The standard InChI is InChI=1S/C15H34N2/c1-6-11-14(16-10-5)15(9-4)17(12-7-2)13-8-3/h14-16H,6-13H2,1-5H3. The first kappa shape index (κ1) is 16.9. The van der Waals surface area contributed by atoms with Crippen molar-refractivity contribution in [3.63, 3.8) is 0 Å². The van der Waals surface area contributed by atoms with Crippen LogP contribution in [0.15, 0.2) is 0 Å². The van der Waals surface area contributed by atoms with E-state index in [2.05, 4.69) is 44.8 Å². The molecule has 0 aromatic carbocycles. The van der Waals surface area contributed by atoms with Crippen molar-refractivity contribution in [2.24, 2.45) is 0 Å². The SMILES string of the molecule is CCCC(NCC)C(CC)N(CCC)CCC. The molecule has 104 valence electrons. The lowest BCUT2D eigenvalue weighted by Gasteiger charge is -2.37. The van der Waals surface area contributed by atoms with E-state index in [0.717, 1.165) is 12.6 Å². The van der Waals surface area contributed by atoms with E-state index in [1.54, 1.807) is 0 Å². The van der Waals surface area contributed by atoms with Crippen LogP contribution in [0.4, 0.5) is 0 Å². The second-order valence-electron chi connectivity index (χ2n) is 4.96. The van der Waals surface area contributed by atoms with Crippen LogP contribution in [0.2, 0.25) is 0 Å². The van der Waals surface area contributed by atoms with Crippen molar-refractivity contribution in [1.29, 1.82) is 0 Å². The van der Waals surface area contributed by atoms with Gasteiger partial charge in [-0.3, -0.25) is 4.90 Å². The van der Waals surface area contributed by atoms with Crippen LogP contribution in [0.3, 0.4) is 0 Å². The molecule has 0 amide bonds. The zero-order chi connectivity index (χ0) is 13.1. The molecule has 0 radical (unpaired) electrons. The summed E-state index contributed by atoms with van der Waals surface area (Å²) in [6, 6.07) is 1.39. The largest absolute Gasteiger partial charge is 0.313 e. The molecular formula is C15H34N2. The zero-order valence-corrected chi connectivity index (χ0v) is 12.8. The van der Waals surface area contributed by atoms with E-state index >= 15 is 0 Å². The molecule has 2 unspecified atom stereocenters. The van der Waals surface area contributed by atoms with E-state index in [-0.39, 0.29) is 0 Å². The molecule has 0 saturated heterocycles. The van der Waals surface area contributed by atoms with Gasteiger partial charge in [-0.1, -0.05) is 41.0 Å². The van der Waals surface area contributed by atoms with Crippen molar-refractivity contribution in [3.05, 3.63) is 0 Å². The zero-order valence-electron chi connectivity index (χ0n) is 12.8. The van der Waals surface area contributed by atoms with Crippen molar-refractivity contribution in [3.8, 4) is 0 Å². The summed E-state index contributed by atoms with van der Waals surface area (Å²) in [5.74, 6) is 0. The topological polar surface area (TPSA) is 15.3 Å². The molecule has 0 aliphatic rings. The van der Waals surface area contributed by atoms with Gasteiger partial charge < -0.3 is 5.32 Å². The van der Waals surface area contributed by atoms with Gasteiger partial charge in [-0.2, -0.15) is 0 Å². The van der Waals surface area contributed by atoms with Gasteiger partial charge in [-0.15, -0.1) is 0 Å². The third kappa shape index (κ3) is 6.42. The van der Waals surface area contributed by atoms with E-state index < -0.39 is 0 Å². The summed E-state index contributed by atoms with van der Waals surface area (Å²) < 4.78 is 0. The molecular weight excluding hydrogens is 208 g/mol. The lowest BCUT2D eigenvalue weighted by molar-refractivity contribution is 0.147. The molecule has 17 heavy (non-hydrogen) atoms. The van der Waals surface area contributed by atoms with Gasteiger partial charge in [-0.05, 0) is 45.3 Å². The van der Waals surface area contributed by atoms with Gasteiger partial charge in [0.25, 0.3) is 0 Å². The Hall–Kier alpha value is -0.0800. The average molecular weight is 242 g/mol. The van der Waals surface area contributed by atoms with E-state index in [0.29, 0.717) is 6.04 Å². The summed E-state index contributed by atoms with van der Waals surface area (Å²) in [5, 5.41) is 3.69. The van der Waals surface area contributed by atoms with Gasteiger partial charge in [0.1, 0.15) is 0 Å². The van der Waals surface area contributed by atoms with Crippen LogP contribution in [0, 0.1) is 0 Å². The Kier molecular flexibility index (Phi) is 11.0. The number of nitrogens with one attached hydrogen (secondary N) is 1. The van der Waals surface area contributed by atoms with Crippen molar-refractivity contribution in [2.75, 3.05) is 19.6 Å². The average Bonchev–Trinajstić information content (AvgIpc) is 2.31. The molecule has 0 rings (SSSR count). The minimum atomic E-state index is 0.674. The first-order valence-corrected chi connectivity index (χ1v) is 7.72. The Balaban J connectivity index is 4.55. The van der Waals surface area contributed by atoms with Crippen LogP contribution in [-0.4, -0.2) is 36.6 Å². The number of hydrogen-bond acceptors (Lipinski definition) is 2. The van der Waals surface area contributed by atoms with Gasteiger partial charge in [0, 0.05) is 12.1 Å². The van der Waals surface area contributed by atoms with Crippen LogP contribution in [-0.2, 0) is 0 Å². The summed E-state index contributed by atoms with van der Waals surface area (Å²) in [4.78, 5) is 2.70. The molecule has 0 spiro atoms. The Morgan fingerprint density at radius 2 is 1.47 bits per heavy atom. The van der Waals surface area contributed by atoms with Gasteiger partial charge in [-0.25, -0.2) is 0 Å². The predicted molar refractivity (Wildman–Crippen MR) is 78.6 cm³/mol. The first-order valence-electron chi connectivity index (χ1n) is 7.72. The van der Waals surface area contributed by atoms with Gasteiger partial charge in [0.15, 0.2) is 0 Å². The molecule has 0 aromatic heterocycles. The summed E-state index contributed by atoms with van der Waals surface area (Å²) in [6.45, 7) is 15.0. The molecule has 1 N–H and O–H groups in total. The molecule has 0 bridgehead atoms. The summed E-state index contributed by atoms with van der Waals surface area (Å²) in [7, 11) is 0. The van der Waals surface area contributed by atoms with Crippen LogP contribution in [0.5, 0.6) is 0 Å². The van der Waals surface area contributed by atoms with Gasteiger partial charge in [0.05, 0.1) is 0 Å². The molecule has 2 atom stereocenters. The van der Waals surface area contributed by atoms with Crippen molar-refractivity contribution in [1.82, 2.24) is 10.2 Å². The Labute approximate surface area is 109 Å². The van der Waals surface area contributed by atoms with E-state index in [4.69, 9.17) is 0 Å². The minimum absolute atomic E-state index is 0.674. The van der Waals surface area contributed by atoms with Gasteiger partial charge >= 0.3 is 0 Å². The molecule has 0 aliphatic carbocycles. The Morgan fingerprint density at radius 1 is 0.882 bits per heavy atom. The highest BCUT2D eigenvalue weighted by Gasteiger charge is 2.23. The van der Waals surface area contributed by atoms with Crippen molar-refractivity contribution in [2.45, 2.75) is 78.8 Å². The normalized spacial score (nSPS) is 15.2. The fraction of sp³-hybridized carbons (Fsp3) is 1.00. The molecule has 0 aromatic rings. The highest BCUT2D eigenvalue weighted by molar-refractivity contribution is 4.83. The van der Waals surface area contributed by atoms with E-state index in [1.165, 1.54) is 45.2 Å². The van der Waals surface area contributed by atoms with Crippen LogP contribution >= 0.6 is 0 Å². The Morgan fingerprint density at radius 3 is 1.82 bits per heavy atom. The number of nitrogens with zero attached hydrogens (tertiary/aromatic N) is 1. The molecule has 0 heterocycles. The molecule has 0 aliphatic heterocycles. The van der Waals surface area contributed by atoms with Crippen molar-refractivity contribution >= 4 is 0 Å². The molecule has 2 nitrogen and oxygen atoms in total. The van der Waals surface area contributed by atoms with Crippen molar-refractivity contribution < 1.29 is 0 Å². The monoisotopic (exact) mass is 242 g/mol. The van der Waals surface area contributed by atoms with E-state index in [9.17, 15) is 0 Å². The second kappa shape index (κ2) is 11.0. The quantitative estimate of drug-likeness (QED) is 0.595. The third-order valence-electron chi connectivity index (χ3n) is 3.44. The number of likely N-dealkylation sites (N-methyl/N-ethyl adjacent to an activating group) is 1. The first-order chi connectivity index (χ1) is 8.24. The van der Waals surface area contributed by atoms with Crippen LogP contribution in [0.1, 0.15) is 66.7 Å². The van der Waals surface area contributed by atoms with Crippen LogP contribution < -0.4 is 5.32 Å². The smallest absolute Gasteiger partial charge is 0.0246 e. The number of rotatable bonds is 11. The fourth-order valence-electron chi connectivity index (χ4n) is 2.82. The van der Waals surface area contributed by atoms with Crippen LogP contribution in [0.25, 0.3) is 0 Å². The predicted octanol–water partition coefficient (Wildman–Crippen LogP) is 3.67. The minimum Gasteiger partial charge on any atom is -0.313 e. The molecule has 0 fully saturated rings. The summed E-state index contributed by atoms with van der Waals surface area (Å²) in [5.41, 5.74) is 0. The van der Waals surface area contributed by atoms with Gasteiger partial charge in [0.2, 0.25) is 0 Å². The summed E-state index contributed by atoms with van der Waals surface area (Å²) >= 11 is 0. The maximum Gasteiger partial charge on any atom is 0.0246 e. The number of hydrogen-bond donors (Lipinski definition) is 1. The lowest BCUT2D eigenvalue weighted by atomic mass is 9.98. The highest BCUT2D eigenvalue weighted by Crippen LogP contribution is 2.14. The molecule has 0 saturated carbocycles. The Bertz CT molecular complexity index is 131. The summed E-state index contributed by atoms with van der Waals surface area (Å²) in [6.07, 6.45) is 6.37. The molecule has 2 heteroatoms.